The van der Waals surface area contributed by atoms with Gasteiger partial charge in [0.25, 0.3) is 0 Å². The first-order valence-electron chi connectivity index (χ1n) is 8.10. The lowest BCUT2D eigenvalue weighted by Crippen LogP contribution is -2.42. The zero-order valence-electron chi connectivity index (χ0n) is 13.6. The van der Waals surface area contributed by atoms with E-state index in [4.69, 9.17) is 4.74 Å². The molecule has 2 N–H and O–H groups in total. The van der Waals surface area contributed by atoms with Gasteiger partial charge in [-0.3, -0.25) is 4.98 Å². The average molecular weight is 354 g/mol. The fraction of sp³-hybridized carbons (Fsp3) is 0.294. The number of aliphatic hydroxyl groups is 1. The molecule has 1 saturated heterocycles. The van der Waals surface area contributed by atoms with E-state index in [1.54, 1.807) is 24.4 Å². The minimum absolute atomic E-state index is 0.0836. The molecule has 26 heavy (non-hydrogen) atoms. The number of nitrogens with one attached hydrogen (secondary N) is 1. The molecule has 0 spiro atoms. The van der Waals surface area contributed by atoms with Crippen molar-refractivity contribution in [2.45, 2.75) is 18.6 Å². The number of halogens is 1. The predicted octanol–water partition coefficient (Wildman–Crippen LogP) is 1.36. The van der Waals surface area contributed by atoms with Crippen molar-refractivity contribution in [1.29, 1.82) is 5.26 Å². The van der Waals surface area contributed by atoms with E-state index in [1.807, 2.05) is 6.07 Å². The highest BCUT2D eigenvalue weighted by atomic mass is 19.1. The minimum atomic E-state index is -0.689. The predicted molar refractivity (Wildman–Crippen MR) is 89.7 cm³/mol. The number of rotatable bonds is 3. The second kappa shape index (κ2) is 6.67. The van der Waals surface area contributed by atoms with Gasteiger partial charge in [0, 0.05) is 12.8 Å². The van der Waals surface area contributed by atoms with Crippen LogP contribution in [0.4, 0.5) is 10.3 Å². The third kappa shape index (κ3) is 2.75. The molecule has 0 unspecified atom stereocenters. The Morgan fingerprint density at radius 2 is 2.27 bits per heavy atom. The first-order valence-corrected chi connectivity index (χ1v) is 8.10. The van der Waals surface area contributed by atoms with E-state index >= 15 is 0 Å². The molecule has 1 aliphatic heterocycles. The number of nitrogens with zero attached hydrogens (tertiary/aromatic N) is 5. The summed E-state index contributed by atoms with van der Waals surface area (Å²) in [4.78, 5) is 8.32. The lowest BCUT2D eigenvalue weighted by Gasteiger charge is -2.28. The largest absolute Gasteiger partial charge is 0.389 e. The van der Waals surface area contributed by atoms with Gasteiger partial charge in [0.2, 0.25) is 5.95 Å². The molecule has 0 bridgehead atoms. The van der Waals surface area contributed by atoms with Crippen LogP contribution in [-0.2, 0) is 4.74 Å². The van der Waals surface area contributed by atoms with E-state index < -0.39 is 11.9 Å². The molecule has 2 atom stereocenters. The SMILES string of the molecule is N#Cc1c(F)c2cnc(N[C@@H]3CCOC[C@H]3O)nn2c1-c1ccccn1. The number of fused-ring (bicyclic) bond motifs is 1. The molecule has 3 aromatic heterocycles. The average Bonchev–Trinajstić information content (AvgIpc) is 2.95. The second-order valence-electron chi connectivity index (χ2n) is 5.92. The van der Waals surface area contributed by atoms with Crippen LogP contribution in [0, 0.1) is 17.1 Å². The highest BCUT2D eigenvalue weighted by Crippen LogP contribution is 2.28. The number of aliphatic hydroxyl groups excluding tert-OH is 1. The van der Waals surface area contributed by atoms with Gasteiger partial charge >= 0.3 is 0 Å². The molecule has 0 aliphatic carbocycles. The Hall–Kier alpha value is -3.09. The molecule has 4 rings (SSSR count). The molecule has 0 aromatic carbocycles. The first-order chi connectivity index (χ1) is 12.7. The smallest absolute Gasteiger partial charge is 0.241 e. The summed E-state index contributed by atoms with van der Waals surface area (Å²) in [5, 5.41) is 26.8. The van der Waals surface area contributed by atoms with E-state index in [0.717, 1.165) is 0 Å². The van der Waals surface area contributed by atoms with Crippen molar-refractivity contribution in [3.63, 3.8) is 0 Å². The van der Waals surface area contributed by atoms with Crippen molar-refractivity contribution in [3.05, 3.63) is 42.0 Å². The summed E-state index contributed by atoms with van der Waals surface area (Å²) < 4.78 is 21.1. The molecule has 1 aliphatic rings. The quantitative estimate of drug-likeness (QED) is 0.731. The Kier molecular flexibility index (Phi) is 4.20. The highest BCUT2D eigenvalue weighted by Gasteiger charge is 2.26. The molecule has 8 nitrogen and oxygen atoms in total. The van der Waals surface area contributed by atoms with Crippen LogP contribution < -0.4 is 5.32 Å². The van der Waals surface area contributed by atoms with Crippen LogP contribution in [0.3, 0.4) is 0 Å². The van der Waals surface area contributed by atoms with Gasteiger partial charge in [-0.2, -0.15) is 5.26 Å². The Bertz CT molecular complexity index is 984. The molecule has 0 saturated carbocycles. The third-order valence-corrected chi connectivity index (χ3v) is 4.29. The molecular formula is C17H15FN6O2. The van der Waals surface area contributed by atoms with Gasteiger partial charge in [0.15, 0.2) is 5.82 Å². The molecule has 132 valence electrons. The normalized spacial score (nSPS) is 20.0. The molecule has 0 radical (unpaired) electrons. The highest BCUT2D eigenvalue weighted by molar-refractivity contribution is 5.72. The summed E-state index contributed by atoms with van der Waals surface area (Å²) in [6.07, 6.45) is 2.78. The summed E-state index contributed by atoms with van der Waals surface area (Å²) >= 11 is 0. The van der Waals surface area contributed by atoms with Crippen LogP contribution in [0.15, 0.2) is 30.6 Å². The molecular weight excluding hydrogens is 339 g/mol. The Balaban J connectivity index is 1.81. The maximum absolute atomic E-state index is 14.6. The number of anilines is 1. The van der Waals surface area contributed by atoms with E-state index in [1.165, 1.54) is 10.7 Å². The fourth-order valence-corrected chi connectivity index (χ4v) is 2.97. The van der Waals surface area contributed by atoms with Gasteiger partial charge in [-0.15, -0.1) is 5.10 Å². The van der Waals surface area contributed by atoms with E-state index in [-0.39, 0.29) is 35.4 Å². The van der Waals surface area contributed by atoms with Crippen molar-refractivity contribution >= 4 is 11.5 Å². The van der Waals surface area contributed by atoms with Gasteiger partial charge in [-0.25, -0.2) is 13.9 Å². The van der Waals surface area contributed by atoms with E-state index in [2.05, 4.69) is 20.4 Å². The molecule has 1 fully saturated rings. The molecule has 4 heterocycles. The summed E-state index contributed by atoms with van der Waals surface area (Å²) in [5.41, 5.74) is 0.638. The van der Waals surface area contributed by atoms with Gasteiger partial charge in [-0.1, -0.05) is 6.07 Å². The maximum atomic E-state index is 14.6. The zero-order valence-corrected chi connectivity index (χ0v) is 13.6. The van der Waals surface area contributed by atoms with E-state index in [9.17, 15) is 14.8 Å². The van der Waals surface area contributed by atoms with Gasteiger partial charge in [-0.05, 0) is 18.6 Å². The lowest BCUT2D eigenvalue weighted by molar-refractivity contribution is -0.0136. The number of pyridine rings is 1. The summed E-state index contributed by atoms with van der Waals surface area (Å²) in [5.74, 6) is -0.467. The molecule has 3 aromatic rings. The molecule has 0 amide bonds. The van der Waals surface area contributed by atoms with Crippen LogP contribution in [0.25, 0.3) is 16.9 Å². The third-order valence-electron chi connectivity index (χ3n) is 4.29. The van der Waals surface area contributed by atoms with Crippen LogP contribution in [0.5, 0.6) is 0 Å². The van der Waals surface area contributed by atoms with Crippen molar-refractivity contribution in [3.8, 4) is 17.5 Å². The summed E-state index contributed by atoms with van der Waals surface area (Å²) in [6, 6.07) is 6.77. The van der Waals surface area contributed by atoms with Gasteiger partial charge in [0.05, 0.1) is 30.6 Å². The van der Waals surface area contributed by atoms with Gasteiger partial charge in [0.1, 0.15) is 22.8 Å². The van der Waals surface area contributed by atoms with Crippen LogP contribution >= 0.6 is 0 Å². The summed E-state index contributed by atoms with van der Waals surface area (Å²) in [7, 11) is 0. The Morgan fingerprint density at radius 1 is 1.38 bits per heavy atom. The lowest BCUT2D eigenvalue weighted by atomic mass is 10.1. The van der Waals surface area contributed by atoms with Crippen LogP contribution in [-0.4, -0.2) is 50.0 Å². The van der Waals surface area contributed by atoms with Crippen molar-refractivity contribution in [2.24, 2.45) is 0 Å². The van der Waals surface area contributed by atoms with Crippen LogP contribution in [0.1, 0.15) is 12.0 Å². The fourth-order valence-electron chi connectivity index (χ4n) is 2.97. The van der Waals surface area contributed by atoms with Crippen molar-refractivity contribution in [1.82, 2.24) is 19.6 Å². The zero-order chi connectivity index (χ0) is 18.1. The number of aromatic nitrogens is 4. The maximum Gasteiger partial charge on any atom is 0.241 e. The topological polar surface area (TPSA) is 108 Å². The summed E-state index contributed by atoms with van der Waals surface area (Å²) in [6.45, 7) is 0.753. The number of ether oxygens (including phenoxy) is 1. The number of hydrogen-bond donors (Lipinski definition) is 2. The van der Waals surface area contributed by atoms with Crippen LogP contribution in [0.2, 0.25) is 0 Å². The Labute approximate surface area is 147 Å². The molecule has 9 heteroatoms. The van der Waals surface area contributed by atoms with Crippen molar-refractivity contribution in [2.75, 3.05) is 18.5 Å². The second-order valence-corrected chi connectivity index (χ2v) is 5.92. The number of hydrogen-bond acceptors (Lipinski definition) is 7. The number of nitriles is 1. The first kappa shape index (κ1) is 16.4. The standard InChI is InChI=1S/C17H15FN6O2/c18-15-10(7-19)16(12-3-1-2-5-20-12)24-13(15)8-21-17(23-24)22-11-4-6-26-9-14(11)25/h1-3,5,8,11,14,25H,4,6,9H2,(H,22,23)/t11-,14-/m1/s1. The van der Waals surface area contributed by atoms with Gasteiger partial charge < -0.3 is 15.2 Å². The Morgan fingerprint density at radius 3 is 3.00 bits per heavy atom. The van der Waals surface area contributed by atoms with E-state index in [0.29, 0.717) is 18.7 Å². The van der Waals surface area contributed by atoms with Crippen molar-refractivity contribution < 1.29 is 14.2 Å². The monoisotopic (exact) mass is 354 g/mol. The minimum Gasteiger partial charge on any atom is -0.389 e.